The highest BCUT2D eigenvalue weighted by atomic mass is 16.6. The van der Waals surface area contributed by atoms with Crippen molar-refractivity contribution in [3.8, 4) is 0 Å². The van der Waals surface area contributed by atoms with E-state index in [2.05, 4.69) is 9.80 Å². The molecule has 48 heavy (non-hydrogen) atoms. The van der Waals surface area contributed by atoms with Crippen LogP contribution < -0.4 is 0 Å². The van der Waals surface area contributed by atoms with Crippen molar-refractivity contribution in [3.63, 3.8) is 0 Å². The molecule has 2 unspecified atom stereocenters. The molecule has 2 aromatic rings. The monoisotopic (exact) mass is 658 g/mol. The first-order chi connectivity index (χ1) is 23.2. The molecule has 10 nitrogen and oxygen atoms in total. The lowest BCUT2D eigenvalue weighted by Gasteiger charge is -2.51. The van der Waals surface area contributed by atoms with E-state index in [1.54, 1.807) is 0 Å². The molecule has 0 spiro atoms. The van der Waals surface area contributed by atoms with Crippen LogP contribution in [-0.2, 0) is 38.1 Å². The van der Waals surface area contributed by atoms with Crippen molar-refractivity contribution in [2.75, 3.05) is 28.3 Å². The molecular weight excluding hydrogens is 612 g/mol. The molecule has 0 N–H and O–H groups in total. The molecular formula is C38H46N2O8. The third-order valence-corrected chi connectivity index (χ3v) is 12.4. The second-order valence-corrected chi connectivity index (χ2v) is 14.4. The van der Waals surface area contributed by atoms with Crippen LogP contribution in [0.1, 0.15) is 61.5 Å². The SMILES string of the molecule is COC(=O)[C@@H]1C(OC(=O)[C@H]2[C@H](C(=O)OC3C[C@H]4CC[C@@H]([C@@H]3C(=O)OC)N4C)[C@@H](c3ccccc3)[C@H]2c2ccccc2)C[C@H]2CC[C@H]1N2C. The van der Waals surface area contributed by atoms with Crippen molar-refractivity contribution in [2.24, 2.45) is 23.7 Å². The van der Waals surface area contributed by atoms with Gasteiger partial charge in [0.05, 0.1) is 26.1 Å². The summed E-state index contributed by atoms with van der Waals surface area (Å²) in [5, 5.41) is 0. The average Bonchev–Trinajstić information content (AvgIpc) is 3.45. The molecule has 4 heterocycles. The number of carbonyl (C=O) groups excluding carboxylic acids is 4. The zero-order valence-corrected chi connectivity index (χ0v) is 28.1. The summed E-state index contributed by atoms with van der Waals surface area (Å²) in [6.45, 7) is 0. The fraction of sp³-hybridized carbons (Fsp3) is 0.579. The van der Waals surface area contributed by atoms with Crippen molar-refractivity contribution in [3.05, 3.63) is 71.8 Å². The van der Waals surface area contributed by atoms with Gasteiger partial charge in [-0.1, -0.05) is 60.7 Å². The number of esters is 4. The van der Waals surface area contributed by atoms with Crippen LogP contribution in [0.25, 0.3) is 0 Å². The molecule has 4 aliphatic heterocycles. The number of piperidine rings is 2. The lowest BCUT2D eigenvalue weighted by Crippen LogP contribution is -2.58. The van der Waals surface area contributed by atoms with Gasteiger partial charge in [-0.05, 0) is 50.9 Å². The van der Waals surface area contributed by atoms with Crippen molar-refractivity contribution in [2.45, 2.75) is 86.7 Å². The number of fused-ring (bicyclic) bond motifs is 4. The van der Waals surface area contributed by atoms with E-state index in [-0.39, 0.29) is 47.9 Å². The van der Waals surface area contributed by atoms with Gasteiger partial charge in [0, 0.05) is 48.8 Å². The van der Waals surface area contributed by atoms with Gasteiger partial charge in [-0.3, -0.25) is 29.0 Å². The molecule has 5 fully saturated rings. The summed E-state index contributed by atoms with van der Waals surface area (Å²) in [5.74, 6) is -5.41. The standard InChI is InChI=1S/C38H46N2O8/c1-39-23-15-17-25(39)31(35(41)45-3)27(19-23)47-37(43)33-29(21-11-7-5-8-12-21)30(22-13-9-6-10-14-22)34(33)38(44)48-28-20-24-16-18-26(40(24)2)32(28)36(42)46-4/h5-14,23-34H,15-20H2,1-4H3/t23-,24-,25-,26+,27?,28?,29-,30+,31+,32+,33-,34-/m1/s1. The third-order valence-electron chi connectivity index (χ3n) is 12.4. The summed E-state index contributed by atoms with van der Waals surface area (Å²) in [6, 6.07) is 19.8. The van der Waals surface area contributed by atoms with Gasteiger partial charge in [0.2, 0.25) is 0 Å². The minimum Gasteiger partial charge on any atom is -0.469 e. The Labute approximate surface area is 282 Å². The number of ether oxygens (including phenoxy) is 4. The van der Waals surface area contributed by atoms with Crippen LogP contribution in [0.5, 0.6) is 0 Å². The smallest absolute Gasteiger partial charge is 0.314 e. The van der Waals surface area contributed by atoms with E-state index >= 15 is 0 Å². The molecule has 7 rings (SSSR count). The summed E-state index contributed by atoms with van der Waals surface area (Å²) >= 11 is 0. The zero-order valence-electron chi connectivity index (χ0n) is 28.1. The maximum Gasteiger partial charge on any atom is 0.314 e. The Hall–Kier alpha value is -3.76. The van der Waals surface area contributed by atoms with Gasteiger partial charge < -0.3 is 18.9 Å². The summed E-state index contributed by atoms with van der Waals surface area (Å²) in [4.78, 5) is 59.7. The van der Waals surface area contributed by atoms with Crippen LogP contribution >= 0.6 is 0 Å². The minimum absolute atomic E-state index is 0.0757. The van der Waals surface area contributed by atoms with E-state index in [0.717, 1.165) is 36.8 Å². The average molecular weight is 659 g/mol. The van der Waals surface area contributed by atoms with Crippen LogP contribution in [0.4, 0.5) is 0 Å². The van der Waals surface area contributed by atoms with E-state index in [1.807, 2.05) is 74.8 Å². The van der Waals surface area contributed by atoms with E-state index < -0.39 is 47.8 Å². The molecule has 5 aliphatic rings. The van der Waals surface area contributed by atoms with Crippen molar-refractivity contribution in [1.82, 2.24) is 9.80 Å². The van der Waals surface area contributed by atoms with Crippen LogP contribution in [0.15, 0.2) is 60.7 Å². The summed E-state index contributed by atoms with van der Waals surface area (Å²) in [6.07, 6.45) is 3.24. The van der Waals surface area contributed by atoms with Crippen LogP contribution in [0.3, 0.4) is 0 Å². The second-order valence-electron chi connectivity index (χ2n) is 14.4. The van der Waals surface area contributed by atoms with Crippen LogP contribution in [0.2, 0.25) is 0 Å². The highest BCUT2D eigenvalue weighted by molar-refractivity contribution is 5.88. The fourth-order valence-electron chi connectivity index (χ4n) is 9.94. The first-order valence-corrected chi connectivity index (χ1v) is 17.3. The number of nitrogens with zero attached hydrogens (tertiary/aromatic N) is 2. The Kier molecular flexibility index (Phi) is 9.06. The molecule has 0 radical (unpaired) electrons. The number of carbonyl (C=O) groups is 4. The summed E-state index contributed by atoms with van der Waals surface area (Å²) in [7, 11) is 6.77. The molecule has 4 bridgehead atoms. The van der Waals surface area contributed by atoms with Crippen molar-refractivity contribution in [1.29, 1.82) is 0 Å². The molecule has 2 aromatic carbocycles. The van der Waals surface area contributed by atoms with Crippen LogP contribution in [-0.4, -0.2) is 98.4 Å². The highest BCUT2D eigenvalue weighted by Gasteiger charge is 2.62. The van der Waals surface area contributed by atoms with Gasteiger partial charge in [-0.2, -0.15) is 0 Å². The van der Waals surface area contributed by atoms with Gasteiger partial charge in [0.1, 0.15) is 24.0 Å². The molecule has 0 amide bonds. The van der Waals surface area contributed by atoms with Gasteiger partial charge in [-0.15, -0.1) is 0 Å². The summed E-state index contributed by atoms with van der Waals surface area (Å²) in [5.41, 5.74) is 1.85. The predicted molar refractivity (Wildman–Crippen MR) is 174 cm³/mol. The number of hydrogen-bond donors (Lipinski definition) is 0. The zero-order chi connectivity index (χ0) is 33.7. The number of methoxy groups -OCH3 is 2. The number of hydrogen-bond acceptors (Lipinski definition) is 10. The van der Waals surface area contributed by atoms with Gasteiger partial charge in [-0.25, -0.2) is 0 Å². The minimum atomic E-state index is -0.847. The Morgan fingerprint density at radius 1 is 0.542 bits per heavy atom. The maximum absolute atomic E-state index is 14.5. The van der Waals surface area contributed by atoms with Crippen molar-refractivity contribution >= 4 is 23.9 Å². The first kappa shape index (κ1) is 32.8. The Balaban J connectivity index is 1.23. The molecule has 1 aliphatic carbocycles. The maximum atomic E-state index is 14.5. The molecule has 10 heteroatoms. The van der Waals surface area contributed by atoms with E-state index in [0.29, 0.717) is 12.8 Å². The van der Waals surface area contributed by atoms with Crippen LogP contribution in [0, 0.1) is 23.7 Å². The normalized spacial score (nSPS) is 37.2. The van der Waals surface area contributed by atoms with Gasteiger partial charge >= 0.3 is 23.9 Å². The van der Waals surface area contributed by atoms with Crippen molar-refractivity contribution < 1.29 is 38.1 Å². The van der Waals surface area contributed by atoms with E-state index in [4.69, 9.17) is 18.9 Å². The van der Waals surface area contributed by atoms with Gasteiger partial charge in [0.25, 0.3) is 0 Å². The molecule has 1 saturated carbocycles. The quantitative estimate of drug-likeness (QED) is 0.306. The Bertz CT molecular complexity index is 1410. The topological polar surface area (TPSA) is 112 Å². The lowest BCUT2D eigenvalue weighted by atomic mass is 9.52. The molecule has 4 saturated heterocycles. The fourth-order valence-corrected chi connectivity index (χ4v) is 9.94. The third kappa shape index (κ3) is 5.50. The van der Waals surface area contributed by atoms with E-state index in [1.165, 1.54) is 14.2 Å². The number of rotatable bonds is 8. The first-order valence-electron chi connectivity index (χ1n) is 17.3. The molecule has 12 atom stereocenters. The second kappa shape index (κ2) is 13.3. The molecule has 0 aromatic heterocycles. The predicted octanol–water partition coefficient (Wildman–Crippen LogP) is 3.94. The highest BCUT2D eigenvalue weighted by Crippen LogP contribution is 2.59. The van der Waals surface area contributed by atoms with E-state index in [9.17, 15) is 19.2 Å². The largest absolute Gasteiger partial charge is 0.469 e. The Morgan fingerprint density at radius 3 is 1.27 bits per heavy atom. The molecule has 256 valence electrons. The Morgan fingerprint density at radius 2 is 0.917 bits per heavy atom. The lowest BCUT2D eigenvalue weighted by molar-refractivity contribution is -0.190. The summed E-state index contributed by atoms with van der Waals surface area (Å²) < 4.78 is 23.1. The van der Waals surface area contributed by atoms with Gasteiger partial charge in [0.15, 0.2) is 0 Å². The number of benzene rings is 2.